The molecule has 0 saturated heterocycles. The van der Waals surface area contributed by atoms with Gasteiger partial charge in [0.2, 0.25) is 0 Å². The van der Waals surface area contributed by atoms with E-state index >= 15 is 0 Å². The number of carbonyl (C=O) groups excluding carboxylic acids is 1. The summed E-state index contributed by atoms with van der Waals surface area (Å²) in [5.74, 6) is 0.150. The van der Waals surface area contributed by atoms with E-state index in [-0.39, 0.29) is 18.0 Å². The van der Waals surface area contributed by atoms with Crippen molar-refractivity contribution in [1.82, 2.24) is 0 Å². The minimum Gasteiger partial charge on any atom is -0.506 e. The van der Waals surface area contributed by atoms with Crippen LogP contribution in [0.25, 0.3) is 0 Å². The van der Waals surface area contributed by atoms with Crippen molar-refractivity contribution in [3.05, 3.63) is 60.2 Å². The Labute approximate surface area is 112 Å². The lowest BCUT2D eigenvalue weighted by Gasteiger charge is -2.06. The maximum absolute atomic E-state index is 11.4. The van der Waals surface area contributed by atoms with Crippen LogP contribution in [-0.4, -0.2) is 16.6 Å². The van der Waals surface area contributed by atoms with Crippen molar-refractivity contribution in [2.45, 2.75) is 13.3 Å². The summed E-state index contributed by atoms with van der Waals surface area (Å²) in [6, 6.07) is 16.4. The summed E-state index contributed by atoms with van der Waals surface area (Å²) in [5.41, 5.74) is 2.03. The molecule has 0 spiro atoms. The zero-order valence-corrected chi connectivity index (χ0v) is 10.7. The number of Topliss-reactive ketones (excluding diaryl/α,β-unsaturated/α-hetero) is 1. The molecule has 2 aromatic carbocycles. The second-order valence-electron chi connectivity index (χ2n) is 4.29. The molecule has 2 aromatic rings. The molecule has 2 rings (SSSR count). The molecular formula is C16H15NO2. The molecule has 0 radical (unpaired) electrons. The van der Waals surface area contributed by atoms with E-state index in [1.165, 1.54) is 6.92 Å². The van der Waals surface area contributed by atoms with Gasteiger partial charge in [-0.1, -0.05) is 42.5 Å². The molecule has 19 heavy (non-hydrogen) atoms. The fourth-order valence-corrected chi connectivity index (χ4v) is 1.78. The van der Waals surface area contributed by atoms with Crippen molar-refractivity contribution in [3.63, 3.8) is 0 Å². The summed E-state index contributed by atoms with van der Waals surface area (Å²) < 4.78 is 0. The third-order valence-corrected chi connectivity index (χ3v) is 2.66. The van der Waals surface area contributed by atoms with Gasteiger partial charge in [0.25, 0.3) is 0 Å². The predicted molar refractivity (Wildman–Crippen MR) is 76.0 cm³/mol. The van der Waals surface area contributed by atoms with Gasteiger partial charge >= 0.3 is 0 Å². The Kier molecular flexibility index (Phi) is 4.08. The summed E-state index contributed by atoms with van der Waals surface area (Å²) >= 11 is 0. The second-order valence-corrected chi connectivity index (χ2v) is 4.29. The molecule has 3 nitrogen and oxygen atoms in total. The number of nitrogens with zero attached hydrogens (tertiary/aromatic N) is 1. The Balaban J connectivity index is 2.44. The number of hydrogen-bond acceptors (Lipinski definition) is 3. The van der Waals surface area contributed by atoms with Gasteiger partial charge in [-0.2, -0.15) is 0 Å². The largest absolute Gasteiger partial charge is 0.506 e. The first-order chi connectivity index (χ1) is 9.16. The van der Waals surface area contributed by atoms with Crippen molar-refractivity contribution in [1.29, 1.82) is 0 Å². The molecule has 0 amide bonds. The SMILES string of the molecule is CC(=O)CC(=Nc1ccccc1O)c1ccccc1. The lowest BCUT2D eigenvalue weighted by Crippen LogP contribution is -2.06. The van der Waals surface area contributed by atoms with Gasteiger partial charge in [-0.15, -0.1) is 0 Å². The average Bonchev–Trinajstić information content (AvgIpc) is 2.41. The average molecular weight is 253 g/mol. The van der Waals surface area contributed by atoms with E-state index in [0.29, 0.717) is 11.4 Å². The summed E-state index contributed by atoms with van der Waals surface area (Å²) in [6.45, 7) is 1.53. The van der Waals surface area contributed by atoms with Crippen molar-refractivity contribution in [2.24, 2.45) is 4.99 Å². The smallest absolute Gasteiger partial charge is 0.141 e. The molecule has 3 heteroatoms. The number of benzene rings is 2. The van der Waals surface area contributed by atoms with Crippen molar-refractivity contribution in [2.75, 3.05) is 0 Å². The topological polar surface area (TPSA) is 49.7 Å². The number of phenolic OH excluding ortho intramolecular Hbond substituents is 1. The van der Waals surface area contributed by atoms with Crippen molar-refractivity contribution in [3.8, 4) is 5.75 Å². The van der Waals surface area contributed by atoms with Crippen LogP contribution in [0, 0.1) is 0 Å². The molecule has 0 saturated carbocycles. The molecule has 96 valence electrons. The lowest BCUT2D eigenvalue weighted by atomic mass is 10.1. The quantitative estimate of drug-likeness (QED) is 0.848. The molecule has 0 atom stereocenters. The first-order valence-electron chi connectivity index (χ1n) is 6.07. The third-order valence-electron chi connectivity index (χ3n) is 2.66. The fourth-order valence-electron chi connectivity index (χ4n) is 1.78. The highest BCUT2D eigenvalue weighted by molar-refractivity contribution is 6.11. The Bertz CT molecular complexity index is 603. The van der Waals surface area contributed by atoms with Gasteiger partial charge in [-0.05, 0) is 24.6 Å². The zero-order valence-electron chi connectivity index (χ0n) is 10.7. The normalized spacial score (nSPS) is 11.3. The monoisotopic (exact) mass is 253 g/mol. The molecule has 0 aliphatic carbocycles. The number of carbonyl (C=O) groups is 1. The highest BCUT2D eigenvalue weighted by Gasteiger charge is 2.08. The number of hydrogen-bond donors (Lipinski definition) is 1. The van der Waals surface area contributed by atoms with Crippen molar-refractivity contribution >= 4 is 17.2 Å². The molecule has 0 heterocycles. The Hall–Kier alpha value is -2.42. The molecule has 1 N–H and O–H groups in total. The van der Waals surface area contributed by atoms with Gasteiger partial charge in [-0.3, -0.25) is 4.79 Å². The minimum atomic E-state index is 0.0398. The van der Waals surface area contributed by atoms with E-state index in [0.717, 1.165) is 5.56 Å². The minimum absolute atomic E-state index is 0.0398. The van der Waals surface area contributed by atoms with E-state index in [1.54, 1.807) is 24.3 Å². The first kappa shape index (κ1) is 13.0. The highest BCUT2D eigenvalue weighted by atomic mass is 16.3. The van der Waals surface area contributed by atoms with E-state index < -0.39 is 0 Å². The summed E-state index contributed by atoms with van der Waals surface area (Å²) in [4.78, 5) is 15.8. The van der Waals surface area contributed by atoms with Gasteiger partial charge in [-0.25, -0.2) is 4.99 Å². The van der Waals surface area contributed by atoms with E-state index in [9.17, 15) is 9.90 Å². The summed E-state index contributed by atoms with van der Waals surface area (Å²) in [5, 5.41) is 9.75. The maximum atomic E-state index is 11.4. The molecule has 0 fully saturated rings. The van der Waals surface area contributed by atoms with Gasteiger partial charge in [0.1, 0.15) is 17.2 Å². The standard InChI is InChI=1S/C16H15NO2/c1-12(18)11-15(13-7-3-2-4-8-13)17-14-9-5-6-10-16(14)19/h2-10,19H,11H2,1H3. The number of para-hydroxylation sites is 2. The Morgan fingerprint density at radius 2 is 1.68 bits per heavy atom. The van der Waals surface area contributed by atoms with Crippen LogP contribution in [0.4, 0.5) is 5.69 Å². The van der Waals surface area contributed by atoms with Crippen LogP contribution >= 0.6 is 0 Å². The molecule has 0 aliphatic rings. The lowest BCUT2D eigenvalue weighted by molar-refractivity contribution is -0.115. The number of phenols is 1. The first-order valence-corrected chi connectivity index (χ1v) is 6.07. The van der Waals surface area contributed by atoms with Gasteiger partial charge < -0.3 is 5.11 Å². The van der Waals surface area contributed by atoms with Gasteiger partial charge in [0.05, 0.1) is 5.71 Å². The maximum Gasteiger partial charge on any atom is 0.141 e. The summed E-state index contributed by atoms with van der Waals surface area (Å²) in [7, 11) is 0. The summed E-state index contributed by atoms with van der Waals surface area (Å²) in [6.07, 6.45) is 0.248. The van der Waals surface area contributed by atoms with E-state index in [4.69, 9.17) is 0 Å². The van der Waals surface area contributed by atoms with Gasteiger partial charge in [0, 0.05) is 6.42 Å². The van der Waals surface area contributed by atoms with Gasteiger partial charge in [0.15, 0.2) is 0 Å². The van der Waals surface area contributed by atoms with E-state index in [2.05, 4.69) is 4.99 Å². The predicted octanol–water partition coefficient (Wildman–Crippen LogP) is 3.49. The van der Waals surface area contributed by atoms with Crippen molar-refractivity contribution < 1.29 is 9.90 Å². The van der Waals surface area contributed by atoms with Crippen LogP contribution in [0.1, 0.15) is 18.9 Å². The van der Waals surface area contributed by atoms with Crippen LogP contribution in [-0.2, 0) is 4.79 Å². The van der Waals surface area contributed by atoms with Crippen LogP contribution in [0.5, 0.6) is 5.75 Å². The van der Waals surface area contributed by atoms with E-state index in [1.807, 2.05) is 30.3 Å². The number of rotatable bonds is 4. The van der Waals surface area contributed by atoms with Crippen LogP contribution in [0.3, 0.4) is 0 Å². The van der Waals surface area contributed by atoms with Crippen LogP contribution in [0.2, 0.25) is 0 Å². The van der Waals surface area contributed by atoms with Crippen LogP contribution in [0.15, 0.2) is 59.6 Å². The molecule has 0 aliphatic heterocycles. The Morgan fingerprint density at radius 1 is 1.05 bits per heavy atom. The molecular weight excluding hydrogens is 238 g/mol. The highest BCUT2D eigenvalue weighted by Crippen LogP contribution is 2.26. The number of aromatic hydroxyl groups is 1. The molecule has 0 aromatic heterocycles. The fraction of sp³-hybridized carbons (Fsp3) is 0.125. The second kappa shape index (κ2) is 5.96. The van der Waals surface area contributed by atoms with Crippen LogP contribution < -0.4 is 0 Å². The number of aliphatic imine (C=N–C) groups is 1. The molecule has 0 unspecified atom stereocenters. The zero-order chi connectivity index (χ0) is 13.7. The Morgan fingerprint density at radius 3 is 2.32 bits per heavy atom. The number of ketones is 1. The third kappa shape index (κ3) is 3.52. The molecule has 0 bridgehead atoms.